The number of anilines is 1. The number of hydrogen-bond acceptors (Lipinski definition) is 8. The summed E-state index contributed by atoms with van der Waals surface area (Å²) in [5, 5.41) is 7.31. The van der Waals surface area contributed by atoms with Crippen molar-refractivity contribution in [2.24, 2.45) is 0 Å². The molecule has 1 N–H and O–H groups in total. The molecular formula is C24H33N9O2. The fourth-order valence-corrected chi connectivity index (χ4v) is 4.57. The topological polar surface area (TPSA) is 106 Å². The average Bonchev–Trinajstić information content (AvgIpc) is 3.43. The van der Waals surface area contributed by atoms with Crippen molar-refractivity contribution in [1.29, 1.82) is 0 Å². The first-order valence-electron chi connectivity index (χ1n) is 12.3. The van der Waals surface area contributed by atoms with Gasteiger partial charge < -0.3 is 19.5 Å². The van der Waals surface area contributed by atoms with Crippen molar-refractivity contribution in [3.05, 3.63) is 24.8 Å². The van der Waals surface area contributed by atoms with Crippen molar-refractivity contribution in [3.8, 4) is 28.7 Å². The summed E-state index contributed by atoms with van der Waals surface area (Å²) in [4.78, 5) is 30.6. The summed E-state index contributed by atoms with van der Waals surface area (Å²) in [7, 11) is 0. The molecule has 0 atom stereocenters. The summed E-state index contributed by atoms with van der Waals surface area (Å²) < 4.78 is 10.1. The highest BCUT2D eigenvalue weighted by atomic mass is 16.5. The van der Waals surface area contributed by atoms with Crippen LogP contribution in [0.25, 0.3) is 22.9 Å². The smallest absolute Gasteiger partial charge is 0.234 e. The quantitative estimate of drug-likeness (QED) is 0.571. The van der Waals surface area contributed by atoms with Crippen molar-refractivity contribution in [2.75, 3.05) is 44.2 Å². The fourth-order valence-electron chi connectivity index (χ4n) is 4.57. The van der Waals surface area contributed by atoms with E-state index in [0.717, 1.165) is 60.7 Å². The maximum absolute atomic E-state index is 12.1. The standard InChI is InChI=1S/C24H33N9O2/c1-16(2)28-22(34)14-30-5-7-31(8-6-30)21-11-20-18(12-25-21)23-29-19(13-32(23)9-10-35-20)24-26-15-27-33(24)17(3)4/h11-13,15-17H,5-10,14H2,1-4H3,(H,28,34). The third-order valence-corrected chi connectivity index (χ3v) is 6.26. The lowest BCUT2D eigenvalue weighted by atomic mass is 10.2. The molecule has 5 rings (SSSR count). The largest absolute Gasteiger partial charge is 0.491 e. The predicted octanol–water partition coefficient (Wildman–Crippen LogP) is 1.82. The molecule has 1 fully saturated rings. The van der Waals surface area contributed by atoms with Crippen LogP contribution in [0.15, 0.2) is 24.8 Å². The zero-order chi connectivity index (χ0) is 24.5. The van der Waals surface area contributed by atoms with Crippen LogP contribution in [-0.2, 0) is 11.3 Å². The summed E-state index contributed by atoms with van der Waals surface area (Å²) in [6.45, 7) is 13.0. The van der Waals surface area contributed by atoms with Gasteiger partial charge >= 0.3 is 0 Å². The van der Waals surface area contributed by atoms with Gasteiger partial charge in [-0.15, -0.1) is 0 Å². The maximum atomic E-state index is 12.1. The van der Waals surface area contributed by atoms with Gasteiger partial charge in [-0.2, -0.15) is 5.10 Å². The first-order valence-corrected chi connectivity index (χ1v) is 12.3. The normalized spacial score (nSPS) is 16.1. The Morgan fingerprint density at radius 1 is 1.09 bits per heavy atom. The number of fused-ring (bicyclic) bond motifs is 3. The third-order valence-electron chi connectivity index (χ3n) is 6.26. The summed E-state index contributed by atoms with van der Waals surface area (Å²) >= 11 is 0. The number of piperazine rings is 1. The van der Waals surface area contributed by atoms with Crippen LogP contribution in [0.4, 0.5) is 5.82 Å². The second-order valence-electron chi connectivity index (χ2n) is 9.64. The lowest BCUT2D eigenvalue weighted by molar-refractivity contribution is -0.122. The number of imidazole rings is 1. The van der Waals surface area contributed by atoms with Crippen LogP contribution < -0.4 is 15.0 Å². The fraction of sp³-hybridized carbons (Fsp3) is 0.542. The second kappa shape index (κ2) is 9.65. The molecular weight excluding hydrogens is 446 g/mol. The molecule has 2 aliphatic heterocycles. The molecule has 3 aromatic heterocycles. The van der Waals surface area contributed by atoms with Gasteiger partial charge in [-0.25, -0.2) is 19.6 Å². The Labute approximate surface area is 205 Å². The summed E-state index contributed by atoms with van der Waals surface area (Å²) in [6.07, 6.45) is 5.44. The van der Waals surface area contributed by atoms with Crippen LogP contribution in [0.1, 0.15) is 33.7 Å². The molecule has 0 saturated carbocycles. The molecule has 5 heterocycles. The molecule has 1 saturated heterocycles. The number of ether oxygens (including phenoxy) is 1. The highest BCUT2D eigenvalue weighted by Crippen LogP contribution is 2.35. The van der Waals surface area contributed by atoms with Crippen LogP contribution in [0.2, 0.25) is 0 Å². The van der Waals surface area contributed by atoms with Gasteiger partial charge in [0.15, 0.2) is 5.82 Å². The summed E-state index contributed by atoms with van der Waals surface area (Å²) in [5.41, 5.74) is 1.66. The average molecular weight is 480 g/mol. The molecule has 11 heteroatoms. The van der Waals surface area contributed by atoms with Crippen molar-refractivity contribution in [3.63, 3.8) is 0 Å². The van der Waals surface area contributed by atoms with Gasteiger partial charge in [-0.05, 0) is 27.7 Å². The van der Waals surface area contributed by atoms with E-state index in [1.54, 1.807) is 6.33 Å². The zero-order valence-corrected chi connectivity index (χ0v) is 20.8. The van der Waals surface area contributed by atoms with E-state index in [0.29, 0.717) is 19.7 Å². The molecule has 2 aliphatic rings. The van der Waals surface area contributed by atoms with Crippen molar-refractivity contribution < 1.29 is 9.53 Å². The van der Waals surface area contributed by atoms with Crippen LogP contribution in [0, 0.1) is 0 Å². The van der Waals surface area contributed by atoms with E-state index in [1.807, 2.05) is 37.0 Å². The lowest BCUT2D eigenvalue weighted by Crippen LogP contribution is -2.50. The minimum Gasteiger partial charge on any atom is -0.491 e. The minimum atomic E-state index is 0.0755. The van der Waals surface area contributed by atoms with Gasteiger partial charge in [0.25, 0.3) is 0 Å². The number of carbonyl (C=O) groups is 1. The molecule has 186 valence electrons. The Kier molecular flexibility index (Phi) is 6.42. The molecule has 11 nitrogen and oxygen atoms in total. The first-order chi connectivity index (χ1) is 16.9. The predicted molar refractivity (Wildman–Crippen MR) is 132 cm³/mol. The Morgan fingerprint density at radius 3 is 2.63 bits per heavy atom. The highest BCUT2D eigenvalue weighted by Gasteiger charge is 2.25. The molecule has 1 amide bonds. The first kappa shape index (κ1) is 23.3. The number of nitrogens with one attached hydrogen (secondary N) is 1. The Bertz CT molecular complexity index is 1190. The molecule has 0 radical (unpaired) electrons. The third kappa shape index (κ3) is 4.86. The van der Waals surface area contributed by atoms with Crippen molar-refractivity contribution in [1.82, 2.24) is 39.5 Å². The Hall–Kier alpha value is -3.47. The van der Waals surface area contributed by atoms with Crippen LogP contribution in [0.5, 0.6) is 5.75 Å². The summed E-state index contributed by atoms with van der Waals surface area (Å²) in [6, 6.07) is 2.36. The molecule has 0 aromatic carbocycles. The highest BCUT2D eigenvalue weighted by molar-refractivity contribution is 5.78. The van der Waals surface area contributed by atoms with E-state index in [1.165, 1.54) is 0 Å². The van der Waals surface area contributed by atoms with E-state index in [9.17, 15) is 4.79 Å². The Morgan fingerprint density at radius 2 is 1.89 bits per heavy atom. The van der Waals surface area contributed by atoms with E-state index >= 15 is 0 Å². The van der Waals surface area contributed by atoms with Gasteiger partial charge in [-0.1, -0.05) is 0 Å². The molecule has 0 aliphatic carbocycles. The number of amides is 1. The SMILES string of the molecule is CC(C)NC(=O)CN1CCN(c2cc3c(cn2)-c2nc(-c4ncnn4C(C)C)cn2CCO3)CC1. The van der Waals surface area contributed by atoms with E-state index in [-0.39, 0.29) is 18.0 Å². The van der Waals surface area contributed by atoms with Crippen LogP contribution in [-0.4, -0.2) is 85.5 Å². The van der Waals surface area contributed by atoms with E-state index in [2.05, 4.69) is 43.6 Å². The lowest BCUT2D eigenvalue weighted by Gasteiger charge is -2.35. The van der Waals surface area contributed by atoms with Crippen molar-refractivity contribution >= 4 is 11.7 Å². The van der Waals surface area contributed by atoms with Gasteiger partial charge in [0, 0.05) is 56.7 Å². The Balaban J connectivity index is 1.32. The molecule has 35 heavy (non-hydrogen) atoms. The zero-order valence-electron chi connectivity index (χ0n) is 20.8. The number of rotatable bonds is 6. The molecule has 3 aromatic rings. The molecule has 0 unspecified atom stereocenters. The number of pyridine rings is 1. The molecule has 0 bridgehead atoms. The number of nitrogens with zero attached hydrogens (tertiary/aromatic N) is 8. The maximum Gasteiger partial charge on any atom is 0.234 e. The van der Waals surface area contributed by atoms with Crippen LogP contribution in [0.3, 0.4) is 0 Å². The number of carbonyl (C=O) groups excluding carboxylic acids is 1. The van der Waals surface area contributed by atoms with Gasteiger partial charge in [0.1, 0.15) is 36.0 Å². The van der Waals surface area contributed by atoms with Gasteiger partial charge in [0.2, 0.25) is 5.91 Å². The minimum absolute atomic E-state index is 0.0755. The van der Waals surface area contributed by atoms with E-state index < -0.39 is 0 Å². The van der Waals surface area contributed by atoms with Crippen molar-refractivity contribution in [2.45, 2.75) is 46.3 Å². The van der Waals surface area contributed by atoms with Gasteiger partial charge in [-0.3, -0.25) is 9.69 Å². The van der Waals surface area contributed by atoms with Gasteiger partial charge in [0.05, 0.1) is 18.7 Å². The number of hydrogen-bond donors (Lipinski definition) is 1. The monoisotopic (exact) mass is 479 g/mol. The second-order valence-corrected chi connectivity index (χ2v) is 9.64. The van der Waals surface area contributed by atoms with E-state index in [4.69, 9.17) is 14.7 Å². The molecule has 0 spiro atoms. The number of aromatic nitrogens is 6. The summed E-state index contributed by atoms with van der Waals surface area (Å²) in [5.74, 6) is 3.33. The van der Waals surface area contributed by atoms with Crippen LogP contribution >= 0.6 is 0 Å².